The molecule has 1 unspecified atom stereocenters. The van der Waals surface area contributed by atoms with Gasteiger partial charge in [-0.3, -0.25) is 0 Å². The Hall–Kier alpha value is -2.16. The molecule has 0 saturated heterocycles. The minimum absolute atomic E-state index is 0.0439. The number of ether oxygens (including phenoxy) is 2. The zero-order chi connectivity index (χ0) is 16.9. The van der Waals surface area contributed by atoms with E-state index in [9.17, 15) is 14.7 Å². The molecular weight excluding hydrogens is 292 g/mol. The third-order valence-corrected chi connectivity index (χ3v) is 2.63. The number of hydrogen-bond acceptors (Lipinski definition) is 7. The van der Waals surface area contributed by atoms with Gasteiger partial charge in [0, 0.05) is 0 Å². The van der Waals surface area contributed by atoms with Gasteiger partial charge in [-0.15, -0.1) is 5.10 Å². The number of aliphatic hydroxyl groups excluding tert-OH is 1. The average molecular weight is 314 g/mol. The molecule has 2 atom stereocenters. The summed E-state index contributed by atoms with van der Waals surface area (Å²) in [5, 5.41) is 19.9. The van der Waals surface area contributed by atoms with Crippen LogP contribution in [0.2, 0.25) is 0 Å². The molecule has 0 spiro atoms. The Kier molecular flexibility index (Phi) is 5.86. The van der Waals surface area contributed by atoms with Gasteiger partial charge in [-0.05, 0) is 27.7 Å². The van der Waals surface area contributed by atoms with Gasteiger partial charge in [0.25, 0.3) is 0 Å². The second-order valence-corrected chi connectivity index (χ2v) is 5.82. The van der Waals surface area contributed by atoms with Crippen molar-refractivity contribution in [2.45, 2.75) is 52.0 Å². The number of rotatable bonds is 5. The van der Waals surface area contributed by atoms with E-state index >= 15 is 0 Å². The SMILES string of the molecule is COC(=O)c1cn(CC(O)[C@H](C)NC(=O)OC(C)(C)C)nn1. The molecule has 0 fully saturated rings. The van der Waals surface area contributed by atoms with Crippen molar-refractivity contribution < 1.29 is 24.2 Å². The van der Waals surface area contributed by atoms with Gasteiger partial charge < -0.3 is 19.9 Å². The Morgan fingerprint density at radius 3 is 2.64 bits per heavy atom. The molecule has 0 saturated carbocycles. The van der Waals surface area contributed by atoms with Crippen molar-refractivity contribution in [3.63, 3.8) is 0 Å². The van der Waals surface area contributed by atoms with E-state index in [0.717, 1.165) is 0 Å². The van der Waals surface area contributed by atoms with Crippen molar-refractivity contribution in [2.24, 2.45) is 0 Å². The summed E-state index contributed by atoms with van der Waals surface area (Å²) in [5.74, 6) is -0.610. The smallest absolute Gasteiger partial charge is 0.407 e. The molecule has 1 amide bonds. The second-order valence-electron chi connectivity index (χ2n) is 5.82. The lowest BCUT2D eigenvalue weighted by atomic mass is 10.2. The highest BCUT2D eigenvalue weighted by Crippen LogP contribution is 2.07. The lowest BCUT2D eigenvalue weighted by molar-refractivity contribution is 0.0415. The number of nitrogens with one attached hydrogen (secondary N) is 1. The van der Waals surface area contributed by atoms with Crippen LogP contribution in [0, 0.1) is 0 Å². The molecule has 9 nitrogen and oxygen atoms in total. The molecule has 2 N–H and O–H groups in total. The summed E-state index contributed by atoms with van der Waals surface area (Å²) < 4.78 is 10.9. The number of alkyl carbamates (subject to hydrolysis) is 1. The Bertz CT molecular complexity index is 523. The summed E-state index contributed by atoms with van der Waals surface area (Å²) in [6.45, 7) is 6.93. The fourth-order valence-electron chi connectivity index (χ4n) is 1.53. The third-order valence-electron chi connectivity index (χ3n) is 2.63. The zero-order valence-electron chi connectivity index (χ0n) is 13.4. The highest BCUT2D eigenvalue weighted by Gasteiger charge is 2.22. The van der Waals surface area contributed by atoms with Crippen molar-refractivity contribution in [1.29, 1.82) is 0 Å². The van der Waals surface area contributed by atoms with Crippen LogP contribution >= 0.6 is 0 Å². The molecule has 0 aliphatic heterocycles. The quantitative estimate of drug-likeness (QED) is 0.753. The molecule has 0 aromatic carbocycles. The van der Waals surface area contributed by atoms with Crippen molar-refractivity contribution in [3.05, 3.63) is 11.9 Å². The van der Waals surface area contributed by atoms with E-state index in [1.165, 1.54) is 18.0 Å². The van der Waals surface area contributed by atoms with Gasteiger partial charge >= 0.3 is 12.1 Å². The molecule has 0 radical (unpaired) electrons. The number of carbonyl (C=O) groups is 2. The van der Waals surface area contributed by atoms with Gasteiger partial charge in [-0.2, -0.15) is 0 Å². The van der Waals surface area contributed by atoms with Gasteiger partial charge in [0.2, 0.25) is 0 Å². The standard InChI is InChI=1S/C13H22N4O5/c1-8(14-12(20)22-13(2,3)4)10(18)7-17-6-9(15-16-17)11(19)21-5/h6,8,10,18H,7H2,1-5H3,(H,14,20)/t8-,10?/m0/s1. The Morgan fingerprint density at radius 2 is 2.09 bits per heavy atom. The molecule has 22 heavy (non-hydrogen) atoms. The molecular formula is C13H22N4O5. The maximum Gasteiger partial charge on any atom is 0.407 e. The van der Waals surface area contributed by atoms with Gasteiger partial charge in [-0.1, -0.05) is 5.21 Å². The highest BCUT2D eigenvalue weighted by atomic mass is 16.6. The summed E-state index contributed by atoms with van der Waals surface area (Å²) in [7, 11) is 1.24. The van der Waals surface area contributed by atoms with Crippen LogP contribution in [-0.4, -0.2) is 57.0 Å². The minimum atomic E-state index is -0.931. The lowest BCUT2D eigenvalue weighted by Gasteiger charge is -2.24. The third kappa shape index (κ3) is 5.68. The molecule has 1 rings (SSSR count). The second kappa shape index (κ2) is 7.21. The maximum absolute atomic E-state index is 11.6. The predicted molar refractivity (Wildman–Crippen MR) is 76.2 cm³/mol. The minimum Gasteiger partial charge on any atom is -0.464 e. The fraction of sp³-hybridized carbons (Fsp3) is 0.692. The first-order valence-corrected chi connectivity index (χ1v) is 6.78. The van der Waals surface area contributed by atoms with Crippen LogP contribution < -0.4 is 5.32 Å². The van der Waals surface area contributed by atoms with Crippen LogP contribution in [0.4, 0.5) is 4.79 Å². The first-order valence-electron chi connectivity index (χ1n) is 6.78. The van der Waals surface area contributed by atoms with Crippen molar-refractivity contribution in [3.8, 4) is 0 Å². The predicted octanol–water partition coefficient (Wildman–Crippen LogP) is 0.339. The van der Waals surface area contributed by atoms with E-state index in [-0.39, 0.29) is 12.2 Å². The van der Waals surface area contributed by atoms with Crippen LogP contribution in [0.15, 0.2) is 6.20 Å². The Labute approximate surface area is 128 Å². The monoisotopic (exact) mass is 314 g/mol. The van der Waals surface area contributed by atoms with E-state index in [4.69, 9.17) is 4.74 Å². The number of hydrogen-bond donors (Lipinski definition) is 2. The number of aromatic nitrogens is 3. The van der Waals surface area contributed by atoms with Gasteiger partial charge in [0.05, 0.1) is 32.0 Å². The normalized spacial score (nSPS) is 14.1. The number of amides is 1. The number of esters is 1. The zero-order valence-corrected chi connectivity index (χ0v) is 13.4. The van der Waals surface area contributed by atoms with Crippen LogP contribution in [0.1, 0.15) is 38.2 Å². The van der Waals surface area contributed by atoms with Gasteiger partial charge in [0.15, 0.2) is 5.69 Å². The summed E-state index contributed by atoms with van der Waals surface area (Å²) in [6.07, 6.45) is -0.192. The Balaban J connectivity index is 2.53. The largest absolute Gasteiger partial charge is 0.464 e. The molecule has 0 bridgehead atoms. The van der Waals surface area contributed by atoms with Crippen LogP contribution in [0.25, 0.3) is 0 Å². The van der Waals surface area contributed by atoms with E-state index in [0.29, 0.717) is 0 Å². The van der Waals surface area contributed by atoms with Crippen LogP contribution in [0.5, 0.6) is 0 Å². The summed E-state index contributed by atoms with van der Waals surface area (Å²) in [6, 6.07) is -0.569. The summed E-state index contributed by atoms with van der Waals surface area (Å²) in [4.78, 5) is 22.9. The number of aliphatic hydroxyl groups is 1. The molecule has 0 aliphatic carbocycles. The topological polar surface area (TPSA) is 116 Å². The van der Waals surface area contributed by atoms with Crippen LogP contribution in [-0.2, 0) is 16.0 Å². The number of methoxy groups -OCH3 is 1. The molecule has 1 aromatic rings. The van der Waals surface area contributed by atoms with Crippen molar-refractivity contribution >= 4 is 12.1 Å². The van der Waals surface area contributed by atoms with E-state index < -0.39 is 29.8 Å². The van der Waals surface area contributed by atoms with Crippen molar-refractivity contribution in [2.75, 3.05) is 7.11 Å². The Morgan fingerprint density at radius 1 is 1.45 bits per heavy atom. The van der Waals surface area contributed by atoms with Crippen LogP contribution in [0.3, 0.4) is 0 Å². The molecule has 0 aliphatic rings. The lowest BCUT2D eigenvalue weighted by Crippen LogP contribution is -2.45. The molecule has 9 heteroatoms. The number of carbonyl (C=O) groups excluding carboxylic acids is 2. The number of nitrogens with zero attached hydrogens (tertiary/aromatic N) is 3. The van der Waals surface area contributed by atoms with Gasteiger partial charge in [-0.25, -0.2) is 14.3 Å². The maximum atomic E-state index is 11.6. The fourth-order valence-corrected chi connectivity index (χ4v) is 1.53. The first-order chi connectivity index (χ1) is 10.1. The van der Waals surface area contributed by atoms with Gasteiger partial charge in [0.1, 0.15) is 5.60 Å². The highest BCUT2D eigenvalue weighted by molar-refractivity contribution is 5.86. The van der Waals surface area contributed by atoms with E-state index in [1.807, 2.05) is 0 Å². The van der Waals surface area contributed by atoms with Crippen molar-refractivity contribution in [1.82, 2.24) is 20.3 Å². The average Bonchev–Trinajstić information content (AvgIpc) is 2.83. The summed E-state index contributed by atoms with van der Waals surface area (Å²) in [5.41, 5.74) is -0.571. The van der Waals surface area contributed by atoms with E-state index in [2.05, 4.69) is 20.4 Å². The van der Waals surface area contributed by atoms with E-state index in [1.54, 1.807) is 27.7 Å². The molecule has 124 valence electrons. The molecule has 1 aromatic heterocycles. The first kappa shape index (κ1) is 17.9. The molecule has 1 heterocycles. The summed E-state index contributed by atoms with van der Waals surface area (Å²) >= 11 is 0.